The average molecular weight is 250 g/mol. The van der Waals surface area contributed by atoms with Gasteiger partial charge in [-0.15, -0.1) is 0 Å². The molecule has 2 N–H and O–H groups in total. The van der Waals surface area contributed by atoms with E-state index in [4.69, 9.17) is 9.47 Å². The molecule has 18 heavy (non-hydrogen) atoms. The zero-order chi connectivity index (χ0) is 13.0. The van der Waals surface area contributed by atoms with Crippen molar-refractivity contribution in [1.29, 1.82) is 0 Å². The highest BCUT2D eigenvalue weighted by molar-refractivity contribution is 5.95. The zero-order valence-electron chi connectivity index (χ0n) is 10.6. The number of rotatable bonds is 3. The minimum atomic E-state index is -0.305. The molecule has 1 heterocycles. The van der Waals surface area contributed by atoms with Crippen molar-refractivity contribution >= 4 is 11.6 Å². The summed E-state index contributed by atoms with van der Waals surface area (Å²) in [5.41, 5.74) is 0.750. The minimum absolute atomic E-state index is 0.0765. The second-order valence-corrected chi connectivity index (χ2v) is 4.23. The first kappa shape index (κ1) is 12.9. The number of hydrogen-bond donors (Lipinski definition) is 2. The van der Waals surface area contributed by atoms with E-state index in [1.165, 1.54) is 0 Å². The van der Waals surface area contributed by atoms with Gasteiger partial charge in [-0.25, -0.2) is 0 Å². The maximum Gasteiger partial charge on any atom is 0.244 e. The van der Waals surface area contributed by atoms with Crippen molar-refractivity contribution in [2.24, 2.45) is 0 Å². The molecule has 0 unspecified atom stereocenters. The number of ether oxygens (including phenoxy) is 2. The molecular formula is C13H18N2O3. The number of amides is 1. The summed E-state index contributed by atoms with van der Waals surface area (Å²) in [5, 5.41) is 6.01. The van der Waals surface area contributed by atoms with Crippen LogP contribution >= 0.6 is 0 Å². The topological polar surface area (TPSA) is 59.6 Å². The number of hydrogen-bond acceptors (Lipinski definition) is 4. The predicted molar refractivity (Wildman–Crippen MR) is 68.8 cm³/mol. The fourth-order valence-corrected chi connectivity index (χ4v) is 1.92. The first-order valence-electron chi connectivity index (χ1n) is 6.00. The molecule has 1 aliphatic rings. The quantitative estimate of drug-likeness (QED) is 0.840. The number of benzene rings is 1. The lowest BCUT2D eigenvalue weighted by Crippen LogP contribution is -2.53. The van der Waals surface area contributed by atoms with Gasteiger partial charge in [-0.05, 0) is 31.2 Å². The molecule has 2 rings (SSSR count). The van der Waals surface area contributed by atoms with E-state index < -0.39 is 0 Å². The van der Waals surface area contributed by atoms with Gasteiger partial charge in [-0.1, -0.05) is 0 Å². The van der Waals surface area contributed by atoms with E-state index in [-0.39, 0.29) is 18.1 Å². The minimum Gasteiger partial charge on any atom is -0.497 e. The third kappa shape index (κ3) is 3.00. The molecule has 0 bridgehead atoms. The van der Waals surface area contributed by atoms with Crippen molar-refractivity contribution in [3.8, 4) is 5.75 Å². The monoisotopic (exact) mass is 250 g/mol. The number of methoxy groups -OCH3 is 1. The van der Waals surface area contributed by atoms with E-state index in [0.29, 0.717) is 13.2 Å². The van der Waals surface area contributed by atoms with Crippen LogP contribution in [0.15, 0.2) is 24.3 Å². The number of morpholine rings is 1. The molecule has 1 aromatic carbocycles. The van der Waals surface area contributed by atoms with Crippen LogP contribution in [0.3, 0.4) is 0 Å². The lowest BCUT2D eigenvalue weighted by molar-refractivity contribution is -0.123. The van der Waals surface area contributed by atoms with Crippen molar-refractivity contribution in [1.82, 2.24) is 5.32 Å². The van der Waals surface area contributed by atoms with Crippen LogP contribution < -0.4 is 15.4 Å². The molecule has 0 aromatic heterocycles. The second kappa shape index (κ2) is 5.84. The van der Waals surface area contributed by atoms with Gasteiger partial charge in [0.2, 0.25) is 5.91 Å². The van der Waals surface area contributed by atoms with Gasteiger partial charge in [-0.2, -0.15) is 0 Å². The van der Waals surface area contributed by atoms with E-state index in [1.54, 1.807) is 7.11 Å². The molecule has 1 saturated heterocycles. The van der Waals surface area contributed by atoms with Crippen molar-refractivity contribution in [2.45, 2.75) is 19.1 Å². The van der Waals surface area contributed by atoms with E-state index in [2.05, 4.69) is 10.6 Å². The predicted octanol–water partition coefficient (Wildman–Crippen LogP) is 1.01. The lowest BCUT2D eigenvalue weighted by atomic mass is 10.1. The van der Waals surface area contributed by atoms with E-state index in [9.17, 15) is 4.79 Å². The summed E-state index contributed by atoms with van der Waals surface area (Å²) in [6.07, 6.45) is -0.114. The molecule has 1 amide bonds. The number of carbonyl (C=O) groups excluding carboxylic acids is 1. The van der Waals surface area contributed by atoms with Crippen LogP contribution in [-0.2, 0) is 9.53 Å². The highest BCUT2D eigenvalue weighted by Gasteiger charge is 2.28. The summed E-state index contributed by atoms with van der Waals surface area (Å²) < 4.78 is 10.5. The molecule has 98 valence electrons. The van der Waals surface area contributed by atoms with Crippen LogP contribution in [0.25, 0.3) is 0 Å². The zero-order valence-corrected chi connectivity index (χ0v) is 10.6. The van der Waals surface area contributed by atoms with Crippen LogP contribution in [0.2, 0.25) is 0 Å². The molecule has 2 atom stereocenters. The Bertz CT molecular complexity index is 405. The van der Waals surface area contributed by atoms with Crippen molar-refractivity contribution in [3.63, 3.8) is 0 Å². The SMILES string of the molecule is COc1ccc(NC(=O)[C@H]2NCCO[C@@H]2C)cc1. The maximum atomic E-state index is 12.0. The molecule has 5 nitrogen and oxygen atoms in total. The van der Waals surface area contributed by atoms with Gasteiger partial charge in [0.25, 0.3) is 0 Å². The third-order valence-electron chi connectivity index (χ3n) is 2.96. The highest BCUT2D eigenvalue weighted by atomic mass is 16.5. The Labute approximate surface area is 106 Å². The standard InChI is InChI=1S/C13H18N2O3/c1-9-12(14-7-8-18-9)13(16)15-10-3-5-11(17-2)6-4-10/h3-6,9,12,14H,7-8H2,1-2H3,(H,15,16)/t9-,12+/m1/s1. The van der Waals surface area contributed by atoms with Gasteiger partial charge in [0.1, 0.15) is 11.8 Å². The van der Waals surface area contributed by atoms with Gasteiger partial charge in [0.05, 0.1) is 19.8 Å². The molecule has 5 heteroatoms. The van der Waals surface area contributed by atoms with Crippen LogP contribution in [-0.4, -0.2) is 38.3 Å². The molecule has 1 fully saturated rings. The molecule has 0 radical (unpaired) electrons. The van der Waals surface area contributed by atoms with E-state index in [0.717, 1.165) is 11.4 Å². The van der Waals surface area contributed by atoms with Crippen LogP contribution in [0.1, 0.15) is 6.92 Å². The van der Waals surface area contributed by atoms with Gasteiger partial charge < -0.3 is 20.1 Å². The Balaban J connectivity index is 1.97. The van der Waals surface area contributed by atoms with Gasteiger partial charge in [-0.3, -0.25) is 4.79 Å². The largest absolute Gasteiger partial charge is 0.497 e. The van der Waals surface area contributed by atoms with E-state index >= 15 is 0 Å². The normalized spacial score (nSPS) is 23.4. The lowest BCUT2D eigenvalue weighted by Gasteiger charge is -2.29. The summed E-state index contributed by atoms with van der Waals surface area (Å²) in [4.78, 5) is 12.0. The molecular weight excluding hydrogens is 232 g/mol. The summed E-state index contributed by atoms with van der Waals surface area (Å²) in [7, 11) is 1.61. The van der Waals surface area contributed by atoms with E-state index in [1.807, 2.05) is 31.2 Å². The Hall–Kier alpha value is -1.59. The van der Waals surface area contributed by atoms with Crippen molar-refractivity contribution in [2.75, 3.05) is 25.6 Å². The smallest absolute Gasteiger partial charge is 0.244 e. The fraction of sp³-hybridized carbons (Fsp3) is 0.462. The number of carbonyl (C=O) groups is 1. The number of anilines is 1. The van der Waals surface area contributed by atoms with Crippen LogP contribution in [0.4, 0.5) is 5.69 Å². The Morgan fingerprint density at radius 2 is 2.17 bits per heavy atom. The Kier molecular flexibility index (Phi) is 4.17. The Morgan fingerprint density at radius 3 is 2.78 bits per heavy atom. The third-order valence-corrected chi connectivity index (χ3v) is 2.96. The van der Waals surface area contributed by atoms with Crippen LogP contribution in [0, 0.1) is 0 Å². The molecule has 1 aliphatic heterocycles. The highest BCUT2D eigenvalue weighted by Crippen LogP contribution is 2.16. The summed E-state index contributed by atoms with van der Waals surface area (Å²) in [6, 6.07) is 6.94. The second-order valence-electron chi connectivity index (χ2n) is 4.23. The first-order chi connectivity index (χ1) is 8.70. The molecule has 0 spiro atoms. The fourth-order valence-electron chi connectivity index (χ4n) is 1.92. The Morgan fingerprint density at radius 1 is 1.44 bits per heavy atom. The first-order valence-corrected chi connectivity index (χ1v) is 6.00. The summed E-state index contributed by atoms with van der Waals surface area (Å²) in [6.45, 7) is 3.24. The molecule has 0 saturated carbocycles. The van der Waals surface area contributed by atoms with Crippen molar-refractivity contribution in [3.05, 3.63) is 24.3 Å². The number of nitrogens with one attached hydrogen (secondary N) is 2. The summed E-state index contributed by atoms with van der Waals surface area (Å²) >= 11 is 0. The van der Waals surface area contributed by atoms with Gasteiger partial charge >= 0.3 is 0 Å². The summed E-state index contributed by atoms with van der Waals surface area (Å²) in [5.74, 6) is 0.688. The van der Waals surface area contributed by atoms with Crippen molar-refractivity contribution < 1.29 is 14.3 Å². The van der Waals surface area contributed by atoms with Gasteiger partial charge in [0, 0.05) is 12.2 Å². The molecule has 0 aliphatic carbocycles. The van der Waals surface area contributed by atoms with Crippen LogP contribution in [0.5, 0.6) is 5.75 Å². The van der Waals surface area contributed by atoms with Gasteiger partial charge in [0.15, 0.2) is 0 Å². The molecule has 1 aromatic rings. The average Bonchev–Trinajstić information content (AvgIpc) is 2.40. The maximum absolute atomic E-state index is 12.0.